The minimum absolute atomic E-state index is 0.0269. The monoisotopic (exact) mass is 248 g/mol. The maximum Gasteiger partial charge on any atom is 0.420 e. The third-order valence-electron chi connectivity index (χ3n) is 2.08. The van der Waals surface area contributed by atoms with Crippen molar-refractivity contribution in [2.75, 3.05) is 0 Å². The van der Waals surface area contributed by atoms with Crippen LogP contribution in [0.1, 0.15) is 16.1 Å². The maximum atomic E-state index is 12.7. The molecular formula is C10H4ClF3O2. The van der Waals surface area contributed by atoms with Gasteiger partial charge in [-0.1, -0.05) is 17.7 Å². The Morgan fingerprint density at radius 3 is 2.56 bits per heavy atom. The van der Waals surface area contributed by atoms with Gasteiger partial charge in [0.1, 0.15) is 11.1 Å². The van der Waals surface area contributed by atoms with Gasteiger partial charge in [-0.2, -0.15) is 13.2 Å². The highest BCUT2D eigenvalue weighted by Crippen LogP contribution is 2.41. The Morgan fingerprint density at radius 1 is 1.31 bits per heavy atom. The molecule has 0 saturated heterocycles. The van der Waals surface area contributed by atoms with Crippen molar-refractivity contribution >= 4 is 28.9 Å². The number of hydrogen-bond donors (Lipinski definition) is 0. The van der Waals surface area contributed by atoms with Crippen LogP contribution in [0.5, 0.6) is 0 Å². The molecule has 0 amide bonds. The number of fused-ring (bicyclic) bond motifs is 1. The van der Waals surface area contributed by atoms with Gasteiger partial charge >= 0.3 is 6.18 Å². The summed E-state index contributed by atoms with van der Waals surface area (Å²) < 4.78 is 42.9. The second kappa shape index (κ2) is 3.52. The first-order valence-electron chi connectivity index (χ1n) is 4.18. The molecule has 0 aliphatic carbocycles. The topological polar surface area (TPSA) is 30.2 Å². The molecule has 84 valence electrons. The lowest BCUT2D eigenvalue weighted by Crippen LogP contribution is -2.06. The Morgan fingerprint density at radius 2 is 2.00 bits per heavy atom. The normalized spacial score (nSPS) is 12.0. The lowest BCUT2D eigenvalue weighted by atomic mass is 10.1. The summed E-state index contributed by atoms with van der Waals surface area (Å²) in [5.74, 6) is -0.754. The van der Waals surface area contributed by atoms with Crippen molar-refractivity contribution < 1.29 is 22.4 Å². The molecule has 0 atom stereocenters. The minimum Gasteiger partial charge on any atom is -0.453 e. The number of hydrogen-bond acceptors (Lipinski definition) is 2. The first kappa shape index (κ1) is 11.0. The second-order valence-corrected chi connectivity index (χ2v) is 3.48. The van der Waals surface area contributed by atoms with Gasteiger partial charge in [0.25, 0.3) is 0 Å². The molecule has 1 heterocycles. The van der Waals surface area contributed by atoms with Gasteiger partial charge < -0.3 is 4.42 Å². The summed E-state index contributed by atoms with van der Waals surface area (Å²) in [4.78, 5) is 10.5. The molecule has 0 radical (unpaired) electrons. The van der Waals surface area contributed by atoms with Gasteiger partial charge in [-0.25, -0.2) is 0 Å². The van der Waals surface area contributed by atoms with Gasteiger partial charge in [0.05, 0.1) is 10.4 Å². The predicted octanol–water partition coefficient (Wildman–Crippen LogP) is 3.92. The van der Waals surface area contributed by atoms with Gasteiger partial charge in [0.2, 0.25) is 0 Å². The van der Waals surface area contributed by atoms with E-state index in [1.165, 1.54) is 18.2 Å². The van der Waals surface area contributed by atoms with Crippen LogP contribution in [0.3, 0.4) is 0 Å². The smallest absolute Gasteiger partial charge is 0.420 e. The van der Waals surface area contributed by atoms with Gasteiger partial charge in [-0.3, -0.25) is 4.79 Å². The van der Waals surface area contributed by atoms with Crippen LogP contribution in [-0.2, 0) is 6.18 Å². The van der Waals surface area contributed by atoms with Gasteiger partial charge in [0.15, 0.2) is 12.0 Å². The summed E-state index contributed by atoms with van der Waals surface area (Å²) >= 11 is 5.66. The highest BCUT2D eigenvalue weighted by atomic mass is 35.5. The molecule has 0 saturated carbocycles. The highest BCUT2D eigenvalue weighted by molar-refractivity contribution is 6.35. The van der Waals surface area contributed by atoms with Crippen molar-refractivity contribution in [2.24, 2.45) is 0 Å². The molecule has 0 aliphatic rings. The van der Waals surface area contributed by atoms with E-state index in [0.29, 0.717) is 0 Å². The second-order valence-electron chi connectivity index (χ2n) is 3.07. The molecule has 2 rings (SSSR count). The number of carbonyl (C=O) groups is 1. The molecule has 16 heavy (non-hydrogen) atoms. The van der Waals surface area contributed by atoms with E-state index in [1.54, 1.807) is 0 Å². The van der Waals surface area contributed by atoms with Crippen molar-refractivity contribution in [3.8, 4) is 0 Å². The van der Waals surface area contributed by atoms with E-state index in [4.69, 9.17) is 16.0 Å². The van der Waals surface area contributed by atoms with Crippen molar-refractivity contribution in [2.45, 2.75) is 6.18 Å². The first-order valence-corrected chi connectivity index (χ1v) is 4.56. The zero-order chi connectivity index (χ0) is 11.9. The third-order valence-corrected chi connectivity index (χ3v) is 2.40. The average molecular weight is 249 g/mol. The van der Waals surface area contributed by atoms with Crippen LogP contribution in [0.15, 0.2) is 22.6 Å². The summed E-state index contributed by atoms with van der Waals surface area (Å²) in [5, 5.41) is -0.375. The van der Waals surface area contributed by atoms with Crippen molar-refractivity contribution in [1.29, 1.82) is 0 Å². The quantitative estimate of drug-likeness (QED) is 0.716. The predicted molar refractivity (Wildman–Crippen MR) is 51.6 cm³/mol. The largest absolute Gasteiger partial charge is 0.453 e. The zero-order valence-corrected chi connectivity index (χ0v) is 8.39. The Bertz CT molecular complexity index is 557. The number of carbonyl (C=O) groups excluding carboxylic acids is 1. The summed E-state index contributed by atoms with van der Waals surface area (Å²) in [6.07, 6.45) is -4.65. The van der Waals surface area contributed by atoms with E-state index in [1.807, 2.05) is 0 Å². The number of rotatable bonds is 1. The van der Waals surface area contributed by atoms with E-state index in [2.05, 4.69) is 0 Å². The third kappa shape index (κ3) is 1.57. The van der Waals surface area contributed by atoms with Gasteiger partial charge in [0, 0.05) is 0 Å². The Balaban J connectivity index is 2.92. The van der Waals surface area contributed by atoms with Crippen LogP contribution in [0.4, 0.5) is 13.2 Å². The number of aldehydes is 1. The highest BCUT2D eigenvalue weighted by Gasteiger charge is 2.39. The molecule has 0 fully saturated rings. The molecule has 0 bridgehead atoms. The molecule has 0 unspecified atom stereocenters. The van der Waals surface area contributed by atoms with Crippen LogP contribution in [0.2, 0.25) is 5.02 Å². The molecule has 6 heteroatoms. The molecule has 0 spiro atoms. The van der Waals surface area contributed by atoms with Crippen molar-refractivity contribution in [3.05, 3.63) is 34.5 Å². The summed E-state index contributed by atoms with van der Waals surface area (Å²) in [6, 6.07) is 4.08. The number of halogens is 4. The van der Waals surface area contributed by atoms with E-state index >= 15 is 0 Å². The first-order chi connectivity index (χ1) is 7.45. The van der Waals surface area contributed by atoms with E-state index in [-0.39, 0.29) is 22.3 Å². The van der Waals surface area contributed by atoms with Crippen LogP contribution in [0, 0.1) is 0 Å². The standard InChI is InChI=1S/C10H4ClF3O2/c11-5-2-1-3-6-8(5)9(10(12,13)14)7(4-15)16-6/h1-4H. The number of alkyl halides is 3. The molecule has 0 N–H and O–H groups in total. The van der Waals surface area contributed by atoms with Crippen LogP contribution < -0.4 is 0 Å². The summed E-state index contributed by atoms with van der Waals surface area (Å²) in [7, 11) is 0. The number of benzene rings is 1. The molecule has 1 aromatic heterocycles. The molecule has 2 aromatic rings. The summed E-state index contributed by atoms with van der Waals surface area (Å²) in [5.41, 5.74) is -1.18. The molecular weight excluding hydrogens is 245 g/mol. The summed E-state index contributed by atoms with van der Waals surface area (Å²) in [6.45, 7) is 0. The lowest BCUT2D eigenvalue weighted by molar-refractivity contribution is -0.137. The Hall–Kier alpha value is -1.49. The SMILES string of the molecule is O=Cc1oc2cccc(Cl)c2c1C(F)(F)F. The van der Waals surface area contributed by atoms with Crippen LogP contribution in [-0.4, -0.2) is 6.29 Å². The van der Waals surface area contributed by atoms with E-state index < -0.39 is 17.5 Å². The Labute approximate surface area is 92.6 Å². The molecule has 0 aliphatic heterocycles. The Kier molecular flexibility index (Phi) is 2.42. The lowest BCUT2D eigenvalue weighted by Gasteiger charge is -2.04. The average Bonchev–Trinajstić information content (AvgIpc) is 2.57. The zero-order valence-electron chi connectivity index (χ0n) is 7.64. The molecule has 1 aromatic carbocycles. The van der Waals surface area contributed by atoms with Crippen molar-refractivity contribution in [1.82, 2.24) is 0 Å². The van der Waals surface area contributed by atoms with Crippen molar-refractivity contribution in [3.63, 3.8) is 0 Å². The minimum atomic E-state index is -4.67. The van der Waals surface area contributed by atoms with Gasteiger partial charge in [-0.05, 0) is 12.1 Å². The molecule has 2 nitrogen and oxygen atoms in total. The fraction of sp³-hybridized carbons (Fsp3) is 0.100. The maximum absolute atomic E-state index is 12.7. The number of furan rings is 1. The fourth-order valence-electron chi connectivity index (χ4n) is 1.49. The van der Waals surface area contributed by atoms with Gasteiger partial charge in [-0.15, -0.1) is 0 Å². The van der Waals surface area contributed by atoms with E-state index in [0.717, 1.165) is 0 Å². The van der Waals surface area contributed by atoms with Crippen LogP contribution in [0.25, 0.3) is 11.0 Å². The fourth-order valence-corrected chi connectivity index (χ4v) is 1.75. The van der Waals surface area contributed by atoms with Crippen LogP contribution >= 0.6 is 11.6 Å². The van der Waals surface area contributed by atoms with E-state index in [9.17, 15) is 18.0 Å².